The Morgan fingerprint density at radius 3 is 2.79 bits per heavy atom. The molecule has 3 heteroatoms. The Balaban J connectivity index is 2.60. The molecule has 0 amide bonds. The molecule has 0 radical (unpaired) electrons. The molecule has 0 saturated carbocycles. The number of halogens is 1. The van der Waals surface area contributed by atoms with Gasteiger partial charge >= 0.3 is 0 Å². The predicted molar refractivity (Wildman–Crippen MR) is 59.4 cm³/mol. The fraction of sp³-hybridized carbons (Fsp3) is 0.455. The zero-order valence-corrected chi connectivity index (χ0v) is 9.04. The topological polar surface area (TPSA) is 46.2 Å². The van der Waals surface area contributed by atoms with Crippen molar-refractivity contribution in [3.05, 3.63) is 34.9 Å². The van der Waals surface area contributed by atoms with E-state index in [1.165, 1.54) is 0 Å². The molecule has 0 bridgehead atoms. The van der Waals surface area contributed by atoms with Crippen molar-refractivity contribution in [3.8, 4) is 0 Å². The second-order valence-corrected chi connectivity index (χ2v) is 3.91. The summed E-state index contributed by atoms with van der Waals surface area (Å²) < 4.78 is 0. The summed E-state index contributed by atoms with van der Waals surface area (Å²) in [5, 5.41) is 10.2. The summed E-state index contributed by atoms with van der Waals surface area (Å²) in [6.07, 6.45) is 0.908. The highest BCUT2D eigenvalue weighted by Crippen LogP contribution is 2.13. The minimum Gasteiger partial charge on any atom is -0.392 e. The highest BCUT2D eigenvalue weighted by molar-refractivity contribution is 6.30. The van der Waals surface area contributed by atoms with Crippen molar-refractivity contribution in [1.29, 1.82) is 0 Å². The lowest BCUT2D eigenvalue weighted by molar-refractivity contribution is 0.140. The van der Waals surface area contributed by atoms with Gasteiger partial charge in [0.25, 0.3) is 0 Å². The molecule has 0 aliphatic rings. The Labute approximate surface area is 89.7 Å². The van der Waals surface area contributed by atoms with Gasteiger partial charge in [-0.3, -0.25) is 0 Å². The molecule has 78 valence electrons. The van der Waals surface area contributed by atoms with Crippen molar-refractivity contribution >= 4 is 11.6 Å². The van der Waals surface area contributed by atoms with E-state index in [1.54, 1.807) is 0 Å². The standard InChI is InChI=1S/C11H16ClNO/c1-2-11(14)10(13)7-8-4-3-5-9(12)6-8/h3-6,10-11,14H,2,7,13H2,1H3. The monoisotopic (exact) mass is 213 g/mol. The first kappa shape index (κ1) is 11.5. The first-order valence-electron chi connectivity index (χ1n) is 4.81. The molecule has 3 N–H and O–H groups in total. The Hall–Kier alpha value is -0.570. The molecule has 0 aliphatic heterocycles. The Morgan fingerprint density at radius 1 is 1.50 bits per heavy atom. The average Bonchev–Trinajstić information content (AvgIpc) is 2.16. The predicted octanol–water partition coefficient (Wildman–Crippen LogP) is 1.98. The zero-order chi connectivity index (χ0) is 10.6. The summed E-state index contributed by atoms with van der Waals surface area (Å²) in [5.41, 5.74) is 6.88. The van der Waals surface area contributed by atoms with Crippen LogP contribution >= 0.6 is 11.6 Å². The maximum absolute atomic E-state index is 9.50. The highest BCUT2D eigenvalue weighted by Gasteiger charge is 2.12. The fourth-order valence-electron chi connectivity index (χ4n) is 1.37. The van der Waals surface area contributed by atoms with Gasteiger partial charge in [-0.25, -0.2) is 0 Å². The van der Waals surface area contributed by atoms with Crippen LogP contribution < -0.4 is 5.73 Å². The molecule has 1 aromatic rings. The van der Waals surface area contributed by atoms with E-state index in [4.69, 9.17) is 17.3 Å². The Bertz CT molecular complexity index is 290. The molecular weight excluding hydrogens is 198 g/mol. The van der Waals surface area contributed by atoms with E-state index in [1.807, 2.05) is 31.2 Å². The third-order valence-electron chi connectivity index (χ3n) is 2.27. The van der Waals surface area contributed by atoms with Crippen LogP contribution in [0.15, 0.2) is 24.3 Å². The number of rotatable bonds is 4. The van der Waals surface area contributed by atoms with Crippen LogP contribution in [0.2, 0.25) is 5.02 Å². The molecule has 0 aliphatic carbocycles. The van der Waals surface area contributed by atoms with Crippen LogP contribution in [0, 0.1) is 0 Å². The van der Waals surface area contributed by atoms with Gasteiger partial charge in [0, 0.05) is 11.1 Å². The van der Waals surface area contributed by atoms with Crippen LogP contribution in [0.4, 0.5) is 0 Å². The maximum atomic E-state index is 9.50. The minimum atomic E-state index is -0.436. The van der Waals surface area contributed by atoms with Gasteiger partial charge in [-0.2, -0.15) is 0 Å². The smallest absolute Gasteiger partial charge is 0.0691 e. The van der Waals surface area contributed by atoms with E-state index in [2.05, 4.69) is 0 Å². The summed E-state index contributed by atoms with van der Waals surface area (Å²) in [6.45, 7) is 1.92. The first-order chi connectivity index (χ1) is 6.63. The number of aliphatic hydroxyl groups excluding tert-OH is 1. The van der Waals surface area contributed by atoms with Crippen LogP contribution in [0.1, 0.15) is 18.9 Å². The largest absolute Gasteiger partial charge is 0.392 e. The minimum absolute atomic E-state index is 0.210. The molecule has 2 unspecified atom stereocenters. The molecule has 1 aromatic carbocycles. The lowest BCUT2D eigenvalue weighted by Gasteiger charge is -2.17. The van der Waals surface area contributed by atoms with Gasteiger partial charge in [0.05, 0.1) is 6.10 Å². The van der Waals surface area contributed by atoms with E-state index in [9.17, 15) is 5.11 Å². The van der Waals surface area contributed by atoms with Crippen LogP contribution in [0.3, 0.4) is 0 Å². The molecule has 0 saturated heterocycles. The van der Waals surface area contributed by atoms with Crippen molar-refractivity contribution in [1.82, 2.24) is 0 Å². The SMILES string of the molecule is CCC(O)C(N)Cc1cccc(Cl)c1. The van der Waals surface area contributed by atoms with Gasteiger partial charge < -0.3 is 10.8 Å². The van der Waals surface area contributed by atoms with Crippen molar-refractivity contribution in [3.63, 3.8) is 0 Å². The van der Waals surface area contributed by atoms with Crippen LogP contribution in [0.25, 0.3) is 0 Å². The molecule has 2 atom stereocenters. The number of benzene rings is 1. The number of hydrogen-bond acceptors (Lipinski definition) is 2. The normalized spacial score (nSPS) is 15.1. The molecule has 1 rings (SSSR count). The molecular formula is C11H16ClNO. The van der Waals surface area contributed by atoms with E-state index >= 15 is 0 Å². The van der Waals surface area contributed by atoms with E-state index in [0.29, 0.717) is 17.9 Å². The summed E-state index contributed by atoms with van der Waals surface area (Å²) in [7, 11) is 0. The zero-order valence-electron chi connectivity index (χ0n) is 8.28. The van der Waals surface area contributed by atoms with Crippen LogP contribution in [0.5, 0.6) is 0 Å². The number of nitrogens with two attached hydrogens (primary N) is 1. The van der Waals surface area contributed by atoms with Gasteiger partial charge in [0.2, 0.25) is 0 Å². The number of hydrogen-bond donors (Lipinski definition) is 2. The fourth-order valence-corrected chi connectivity index (χ4v) is 1.59. The molecule has 0 heterocycles. The van der Waals surface area contributed by atoms with Gasteiger partial charge in [-0.1, -0.05) is 30.7 Å². The second-order valence-electron chi connectivity index (χ2n) is 3.47. The summed E-state index contributed by atoms with van der Waals surface area (Å²) in [5.74, 6) is 0. The Kier molecular flexibility index (Phi) is 4.39. The summed E-state index contributed by atoms with van der Waals surface area (Å²) in [4.78, 5) is 0. The average molecular weight is 214 g/mol. The molecule has 0 spiro atoms. The van der Waals surface area contributed by atoms with Crippen LogP contribution in [-0.2, 0) is 6.42 Å². The molecule has 2 nitrogen and oxygen atoms in total. The molecule has 0 fully saturated rings. The Morgan fingerprint density at radius 2 is 2.21 bits per heavy atom. The number of aliphatic hydroxyl groups is 1. The quantitative estimate of drug-likeness (QED) is 0.804. The van der Waals surface area contributed by atoms with Crippen molar-refractivity contribution in [2.45, 2.75) is 31.9 Å². The summed E-state index contributed by atoms with van der Waals surface area (Å²) >= 11 is 5.84. The second kappa shape index (κ2) is 5.35. The highest BCUT2D eigenvalue weighted by atomic mass is 35.5. The van der Waals surface area contributed by atoms with Gasteiger partial charge in [-0.15, -0.1) is 0 Å². The van der Waals surface area contributed by atoms with Crippen molar-refractivity contribution < 1.29 is 5.11 Å². The van der Waals surface area contributed by atoms with Crippen molar-refractivity contribution in [2.24, 2.45) is 5.73 Å². The lowest BCUT2D eigenvalue weighted by Crippen LogP contribution is -2.36. The van der Waals surface area contributed by atoms with Gasteiger partial charge in [0.1, 0.15) is 0 Å². The third kappa shape index (κ3) is 3.29. The van der Waals surface area contributed by atoms with Gasteiger partial charge in [-0.05, 0) is 30.5 Å². The lowest BCUT2D eigenvalue weighted by atomic mass is 10.0. The first-order valence-corrected chi connectivity index (χ1v) is 5.19. The van der Waals surface area contributed by atoms with Crippen molar-refractivity contribution in [2.75, 3.05) is 0 Å². The van der Waals surface area contributed by atoms with E-state index in [-0.39, 0.29) is 6.04 Å². The maximum Gasteiger partial charge on any atom is 0.0691 e. The molecule has 14 heavy (non-hydrogen) atoms. The van der Waals surface area contributed by atoms with E-state index < -0.39 is 6.10 Å². The summed E-state index contributed by atoms with van der Waals surface area (Å²) in [6, 6.07) is 7.35. The molecule has 0 aromatic heterocycles. The van der Waals surface area contributed by atoms with Crippen LogP contribution in [-0.4, -0.2) is 17.3 Å². The van der Waals surface area contributed by atoms with Gasteiger partial charge in [0.15, 0.2) is 0 Å². The third-order valence-corrected chi connectivity index (χ3v) is 2.51. The van der Waals surface area contributed by atoms with E-state index in [0.717, 1.165) is 5.56 Å².